The maximum atomic E-state index is 12.3. The summed E-state index contributed by atoms with van der Waals surface area (Å²) >= 11 is 0. The molecule has 2 fully saturated rings. The van der Waals surface area contributed by atoms with Gasteiger partial charge in [-0.25, -0.2) is 8.42 Å². The molecule has 1 aliphatic carbocycles. The van der Waals surface area contributed by atoms with E-state index in [-0.39, 0.29) is 35.1 Å². The van der Waals surface area contributed by atoms with Crippen LogP contribution < -0.4 is 16.2 Å². The van der Waals surface area contributed by atoms with Crippen LogP contribution in [0.4, 0.5) is 0 Å². The van der Waals surface area contributed by atoms with Gasteiger partial charge >= 0.3 is 0 Å². The van der Waals surface area contributed by atoms with Crippen molar-refractivity contribution >= 4 is 27.6 Å². The highest BCUT2D eigenvalue weighted by Crippen LogP contribution is 2.28. The monoisotopic (exact) mass is 432 g/mol. The maximum absolute atomic E-state index is 12.3. The van der Waals surface area contributed by atoms with E-state index < -0.39 is 27.6 Å². The van der Waals surface area contributed by atoms with Crippen molar-refractivity contribution in [3.8, 4) is 11.3 Å². The van der Waals surface area contributed by atoms with Crippen LogP contribution >= 0.6 is 0 Å². The second kappa shape index (κ2) is 7.90. The van der Waals surface area contributed by atoms with Gasteiger partial charge in [0.25, 0.3) is 5.91 Å². The summed E-state index contributed by atoms with van der Waals surface area (Å²) in [5.74, 6) is -2.57. The van der Waals surface area contributed by atoms with Gasteiger partial charge in [-0.3, -0.25) is 25.2 Å². The number of nitrogens with one attached hydrogen (secondary N) is 3. The molecule has 10 nitrogen and oxygen atoms in total. The zero-order chi connectivity index (χ0) is 21.3. The van der Waals surface area contributed by atoms with Crippen LogP contribution in [0.5, 0.6) is 0 Å². The molecule has 0 radical (unpaired) electrons. The quantitative estimate of drug-likeness (QED) is 0.565. The lowest BCUT2D eigenvalue weighted by atomic mass is 9.79. The van der Waals surface area contributed by atoms with Crippen molar-refractivity contribution in [2.24, 2.45) is 11.8 Å². The van der Waals surface area contributed by atoms with Gasteiger partial charge in [-0.05, 0) is 12.8 Å². The number of sulfone groups is 1. The molecule has 1 aromatic heterocycles. The molecule has 0 spiro atoms. The van der Waals surface area contributed by atoms with E-state index in [1.165, 1.54) is 0 Å². The molecule has 30 heavy (non-hydrogen) atoms. The van der Waals surface area contributed by atoms with Crippen LogP contribution in [-0.2, 0) is 19.4 Å². The van der Waals surface area contributed by atoms with Crippen LogP contribution in [0, 0.1) is 11.8 Å². The van der Waals surface area contributed by atoms with Gasteiger partial charge in [0.05, 0.1) is 17.4 Å². The average molecular weight is 432 g/mol. The number of nitrogens with zero attached hydrogens (tertiary/aromatic N) is 1. The Hall–Kier alpha value is -3.21. The molecule has 2 heterocycles. The van der Waals surface area contributed by atoms with Gasteiger partial charge in [-0.2, -0.15) is 0 Å². The first-order chi connectivity index (χ1) is 14.3. The minimum atomic E-state index is -3.11. The third kappa shape index (κ3) is 4.35. The summed E-state index contributed by atoms with van der Waals surface area (Å²) in [4.78, 5) is 36.1. The average Bonchev–Trinajstić information content (AvgIpc) is 3.17. The highest BCUT2D eigenvalue weighted by atomic mass is 32.2. The lowest BCUT2D eigenvalue weighted by Gasteiger charge is -2.34. The number of benzene rings is 1. The minimum absolute atomic E-state index is 0.0875. The van der Waals surface area contributed by atoms with Gasteiger partial charge in [-0.1, -0.05) is 35.5 Å². The molecule has 3 amide bonds. The fraction of sp³-hybridized carbons (Fsp3) is 0.368. The summed E-state index contributed by atoms with van der Waals surface area (Å²) in [5.41, 5.74) is 5.96. The Morgan fingerprint density at radius 3 is 2.23 bits per heavy atom. The molecule has 4 rings (SSSR count). The predicted molar refractivity (Wildman–Crippen MR) is 104 cm³/mol. The van der Waals surface area contributed by atoms with E-state index >= 15 is 0 Å². The highest BCUT2D eigenvalue weighted by molar-refractivity contribution is 7.92. The van der Waals surface area contributed by atoms with Crippen LogP contribution in [0.25, 0.3) is 11.3 Å². The molecule has 3 N–H and O–H groups in total. The van der Waals surface area contributed by atoms with Crippen molar-refractivity contribution in [1.29, 1.82) is 0 Å². The van der Waals surface area contributed by atoms with Crippen LogP contribution in [0.3, 0.4) is 0 Å². The number of rotatable bonds is 5. The maximum Gasteiger partial charge on any atom is 0.290 e. The molecule has 2 aromatic rings. The largest absolute Gasteiger partial charge is 0.350 e. The second-order valence-corrected chi connectivity index (χ2v) is 9.69. The van der Waals surface area contributed by atoms with E-state index in [0.717, 1.165) is 5.56 Å². The Morgan fingerprint density at radius 1 is 0.967 bits per heavy atom. The first-order valence-corrected chi connectivity index (χ1v) is 11.3. The second-order valence-electron chi connectivity index (χ2n) is 7.53. The predicted octanol–water partition coefficient (Wildman–Crippen LogP) is 0.0420. The van der Waals surface area contributed by atoms with Crippen LogP contribution in [0.1, 0.15) is 23.4 Å². The van der Waals surface area contributed by atoms with E-state index in [1.807, 2.05) is 30.3 Å². The lowest BCUT2D eigenvalue weighted by molar-refractivity contribution is -0.134. The van der Waals surface area contributed by atoms with Gasteiger partial charge in [0.1, 0.15) is 5.69 Å². The number of aromatic nitrogens is 1. The Kier molecular flexibility index (Phi) is 5.29. The molecule has 158 valence electrons. The lowest BCUT2D eigenvalue weighted by Crippen LogP contribution is -2.55. The van der Waals surface area contributed by atoms with Gasteiger partial charge in [0.2, 0.25) is 17.6 Å². The van der Waals surface area contributed by atoms with Crippen molar-refractivity contribution in [3.63, 3.8) is 0 Å². The molecule has 2 aliphatic rings. The Balaban J connectivity index is 1.19. The van der Waals surface area contributed by atoms with E-state index in [9.17, 15) is 22.8 Å². The van der Waals surface area contributed by atoms with Crippen LogP contribution in [0.15, 0.2) is 40.9 Å². The number of carbonyl (C=O) groups excluding carboxylic acids is 3. The Labute approximate surface area is 172 Å². The topological polar surface area (TPSA) is 147 Å². The van der Waals surface area contributed by atoms with E-state index in [4.69, 9.17) is 4.52 Å². The third-order valence-electron chi connectivity index (χ3n) is 5.24. The first kappa shape index (κ1) is 20.1. The summed E-state index contributed by atoms with van der Waals surface area (Å²) in [6.07, 6.45) is 0.843. The van der Waals surface area contributed by atoms with Gasteiger partial charge < -0.3 is 9.84 Å². The number of hydrazine groups is 1. The molecule has 1 aromatic carbocycles. The summed E-state index contributed by atoms with van der Waals surface area (Å²) in [6, 6.07) is 10.7. The zero-order valence-electron chi connectivity index (χ0n) is 15.8. The molecule has 0 atom stereocenters. The number of hydrogen-bond donors (Lipinski definition) is 3. The molecule has 11 heteroatoms. The summed E-state index contributed by atoms with van der Waals surface area (Å²) in [5, 5.41) is 6.69. The van der Waals surface area contributed by atoms with Crippen LogP contribution in [0.2, 0.25) is 0 Å². The summed E-state index contributed by atoms with van der Waals surface area (Å²) < 4.78 is 27.3. The number of carbonyl (C=O) groups is 3. The highest BCUT2D eigenvalue weighted by Gasteiger charge is 2.40. The number of hydrogen-bond acceptors (Lipinski definition) is 7. The summed E-state index contributed by atoms with van der Waals surface area (Å²) in [7, 11) is -3.11. The Bertz CT molecular complexity index is 1060. The fourth-order valence-electron chi connectivity index (χ4n) is 3.38. The standard InChI is InChI=1S/C19H20N4O6S/c24-17(21-22-18(25)13-9-30(27,28)10-13)12-6-14(7-12)20-19(26)16-8-15(23-29-16)11-4-2-1-3-5-11/h1-5,8,12-14H,6-7,9-10H2,(H,20,26)(H,21,24)(H,22,25). The molecule has 1 saturated carbocycles. The SMILES string of the molecule is O=C(NC1CC(C(=O)NNC(=O)C2CS(=O)(=O)C2)C1)c1cc(-c2ccccc2)no1. The van der Waals surface area contributed by atoms with Crippen molar-refractivity contribution in [2.45, 2.75) is 18.9 Å². The third-order valence-corrected chi connectivity index (χ3v) is 7.06. The van der Waals surface area contributed by atoms with E-state index in [2.05, 4.69) is 21.3 Å². The molecule has 0 unspecified atom stereocenters. The van der Waals surface area contributed by atoms with Crippen molar-refractivity contribution in [2.75, 3.05) is 11.5 Å². The number of amides is 3. The fourth-order valence-corrected chi connectivity index (χ4v) is 4.81. The van der Waals surface area contributed by atoms with Gasteiger partial charge in [0.15, 0.2) is 9.84 Å². The van der Waals surface area contributed by atoms with Crippen LogP contribution in [-0.4, -0.2) is 48.8 Å². The smallest absolute Gasteiger partial charge is 0.290 e. The molecule has 1 aliphatic heterocycles. The van der Waals surface area contributed by atoms with Gasteiger partial charge in [0, 0.05) is 23.6 Å². The zero-order valence-corrected chi connectivity index (χ0v) is 16.6. The molecule has 1 saturated heterocycles. The summed E-state index contributed by atoms with van der Waals surface area (Å²) in [6.45, 7) is 0. The van der Waals surface area contributed by atoms with Gasteiger partial charge in [-0.15, -0.1) is 0 Å². The normalized spacial score (nSPS) is 22.3. The van der Waals surface area contributed by atoms with Crippen molar-refractivity contribution in [1.82, 2.24) is 21.3 Å². The Morgan fingerprint density at radius 2 is 1.60 bits per heavy atom. The van der Waals surface area contributed by atoms with Crippen molar-refractivity contribution < 1.29 is 27.3 Å². The van der Waals surface area contributed by atoms with E-state index in [1.54, 1.807) is 6.07 Å². The molecular weight excluding hydrogens is 412 g/mol. The molecule has 0 bridgehead atoms. The molecular formula is C19H20N4O6S. The minimum Gasteiger partial charge on any atom is -0.350 e. The van der Waals surface area contributed by atoms with E-state index in [0.29, 0.717) is 18.5 Å². The van der Waals surface area contributed by atoms with Crippen molar-refractivity contribution in [3.05, 3.63) is 42.2 Å². The first-order valence-electron chi connectivity index (χ1n) is 9.44.